The quantitative estimate of drug-likeness (QED) is 0.310. The van der Waals surface area contributed by atoms with E-state index in [9.17, 15) is 0 Å². The number of nitrogens with one attached hydrogen (secondary N) is 1. The first-order chi connectivity index (χ1) is 13.7. The van der Waals surface area contributed by atoms with Gasteiger partial charge in [0, 0.05) is 10.9 Å². The highest BCUT2D eigenvalue weighted by Gasteiger charge is 2.05. The minimum atomic E-state index is 0.788. The van der Waals surface area contributed by atoms with Gasteiger partial charge in [-0.3, -0.25) is 5.43 Å². The van der Waals surface area contributed by atoms with Crippen LogP contribution in [0.5, 0.6) is 0 Å². The van der Waals surface area contributed by atoms with Crippen LogP contribution >= 0.6 is 11.3 Å². The highest BCUT2D eigenvalue weighted by molar-refractivity contribution is 7.14. The SMILES string of the molecule is C/C(=N\Nc1nc(-c2ccc(C)cc2)cs1)c1ccc(-c2ccccc2)cc1. The number of anilines is 1. The number of hydrogen-bond acceptors (Lipinski definition) is 4. The van der Waals surface area contributed by atoms with Gasteiger partial charge in [-0.25, -0.2) is 4.98 Å². The zero-order valence-electron chi connectivity index (χ0n) is 15.9. The Morgan fingerprint density at radius 3 is 2.18 bits per heavy atom. The second-order valence-electron chi connectivity index (χ2n) is 6.66. The topological polar surface area (TPSA) is 37.3 Å². The van der Waals surface area contributed by atoms with Gasteiger partial charge in [0.2, 0.25) is 5.13 Å². The maximum Gasteiger partial charge on any atom is 0.203 e. The molecule has 138 valence electrons. The van der Waals surface area contributed by atoms with E-state index in [4.69, 9.17) is 0 Å². The highest BCUT2D eigenvalue weighted by Crippen LogP contribution is 2.25. The summed E-state index contributed by atoms with van der Waals surface area (Å²) in [5, 5.41) is 7.34. The number of rotatable bonds is 5. The highest BCUT2D eigenvalue weighted by atomic mass is 32.1. The van der Waals surface area contributed by atoms with Gasteiger partial charge in [0.1, 0.15) is 0 Å². The van der Waals surface area contributed by atoms with Gasteiger partial charge in [0.15, 0.2) is 0 Å². The number of nitrogens with zero attached hydrogens (tertiary/aromatic N) is 2. The minimum Gasteiger partial charge on any atom is -0.252 e. The molecule has 4 rings (SSSR count). The number of aryl methyl sites for hydroxylation is 1. The van der Waals surface area contributed by atoms with E-state index in [0.29, 0.717) is 0 Å². The normalized spacial score (nSPS) is 11.4. The van der Waals surface area contributed by atoms with Crippen LogP contribution in [0, 0.1) is 6.92 Å². The average Bonchev–Trinajstić information content (AvgIpc) is 3.22. The molecule has 0 spiro atoms. The van der Waals surface area contributed by atoms with Crippen molar-refractivity contribution in [3.8, 4) is 22.4 Å². The van der Waals surface area contributed by atoms with Crippen LogP contribution in [-0.4, -0.2) is 10.7 Å². The molecule has 0 aliphatic carbocycles. The number of benzene rings is 3. The van der Waals surface area contributed by atoms with Crippen molar-refractivity contribution < 1.29 is 0 Å². The lowest BCUT2D eigenvalue weighted by Crippen LogP contribution is -1.99. The lowest BCUT2D eigenvalue weighted by atomic mass is 10.0. The summed E-state index contributed by atoms with van der Waals surface area (Å²) in [4.78, 5) is 4.63. The molecule has 28 heavy (non-hydrogen) atoms. The standard InChI is InChI=1S/C24H21N3S/c1-17-8-10-22(11-9-17)23-16-28-24(25-23)27-26-18(2)19-12-14-21(15-13-19)20-6-4-3-5-7-20/h3-16H,1-2H3,(H,25,27)/b26-18+. The molecule has 0 saturated carbocycles. The van der Waals surface area contributed by atoms with Crippen molar-refractivity contribution in [2.24, 2.45) is 5.10 Å². The number of aromatic nitrogens is 1. The molecule has 0 aliphatic rings. The Balaban J connectivity index is 1.45. The monoisotopic (exact) mass is 383 g/mol. The van der Waals surface area contributed by atoms with Crippen molar-refractivity contribution in [3.63, 3.8) is 0 Å². The van der Waals surface area contributed by atoms with E-state index in [2.05, 4.69) is 95.2 Å². The maximum atomic E-state index is 4.63. The third-order valence-electron chi connectivity index (χ3n) is 4.58. The van der Waals surface area contributed by atoms with Gasteiger partial charge in [0.25, 0.3) is 0 Å². The molecule has 0 saturated heterocycles. The van der Waals surface area contributed by atoms with Crippen molar-refractivity contribution in [2.75, 3.05) is 5.43 Å². The van der Waals surface area contributed by atoms with Crippen molar-refractivity contribution in [1.29, 1.82) is 0 Å². The van der Waals surface area contributed by atoms with Crippen molar-refractivity contribution in [1.82, 2.24) is 4.98 Å². The largest absolute Gasteiger partial charge is 0.252 e. The Morgan fingerprint density at radius 2 is 1.46 bits per heavy atom. The van der Waals surface area contributed by atoms with Gasteiger partial charge < -0.3 is 0 Å². The van der Waals surface area contributed by atoms with Crippen molar-refractivity contribution in [2.45, 2.75) is 13.8 Å². The average molecular weight is 384 g/mol. The summed E-state index contributed by atoms with van der Waals surface area (Å²) in [5.74, 6) is 0. The van der Waals surface area contributed by atoms with E-state index in [0.717, 1.165) is 27.7 Å². The van der Waals surface area contributed by atoms with Crippen LogP contribution in [0.3, 0.4) is 0 Å². The third-order valence-corrected chi connectivity index (χ3v) is 5.33. The van der Waals surface area contributed by atoms with Crippen LogP contribution in [0.1, 0.15) is 18.1 Å². The van der Waals surface area contributed by atoms with Gasteiger partial charge >= 0.3 is 0 Å². The molecule has 0 atom stereocenters. The van der Waals surface area contributed by atoms with Gasteiger partial charge in [-0.2, -0.15) is 5.10 Å². The maximum absolute atomic E-state index is 4.63. The van der Waals surface area contributed by atoms with Gasteiger partial charge in [0.05, 0.1) is 11.4 Å². The van der Waals surface area contributed by atoms with E-state index >= 15 is 0 Å². The molecule has 0 radical (unpaired) electrons. The van der Waals surface area contributed by atoms with Gasteiger partial charge in [-0.15, -0.1) is 11.3 Å². The summed E-state index contributed by atoms with van der Waals surface area (Å²) in [7, 11) is 0. The molecule has 1 aromatic heterocycles. The first-order valence-corrected chi connectivity index (χ1v) is 10.1. The Bertz CT molecular complexity index is 1080. The second kappa shape index (κ2) is 8.19. The Morgan fingerprint density at radius 1 is 0.821 bits per heavy atom. The number of hydrazone groups is 1. The molecule has 0 unspecified atom stereocenters. The molecule has 1 N–H and O–H groups in total. The molecule has 0 amide bonds. The van der Waals surface area contributed by atoms with Crippen LogP contribution in [0.25, 0.3) is 22.4 Å². The molecule has 3 nitrogen and oxygen atoms in total. The van der Waals surface area contributed by atoms with Crippen LogP contribution in [0.15, 0.2) is 89.3 Å². The number of hydrogen-bond donors (Lipinski definition) is 1. The van der Waals surface area contributed by atoms with Gasteiger partial charge in [-0.05, 0) is 30.5 Å². The molecule has 4 heteroatoms. The molecule has 0 bridgehead atoms. The lowest BCUT2D eigenvalue weighted by molar-refractivity contribution is 1.27. The van der Waals surface area contributed by atoms with Crippen molar-refractivity contribution in [3.05, 3.63) is 95.4 Å². The first kappa shape index (κ1) is 18.1. The predicted molar refractivity (Wildman–Crippen MR) is 120 cm³/mol. The van der Waals surface area contributed by atoms with E-state index in [1.165, 1.54) is 16.7 Å². The van der Waals surface area contributed by atoms with Crippen LogP contribution in [0.4, 0.5) is 5.13 Å². The summed E-state index contributed by atoms with van der Waals surface area (Å²) < 4.78 is 0. The fourth-order valence-electron chi connectivity index (χ4n) is 2.91. The first-order valence-electron chi connectivity index (χ1n) is 9.18. The summed E-state index contributed by atoms with van der Waals surface area (Å²) in [6.07, 6.45) is 0. The fourth-order valence-corrected chi connectivity index (χ4v) is 3.57. The van der Waals surface area contributed by atoms with Crippen LogP contribution < -0.4 is 5.43 Å². The van der Waals surface area contributed by atoms with E-state index < -0.39 is 0 Å². The molecule has 3 aromatic carbocycles. The second-order valence-corrected chi connectivity index (χ2v) is 7.51. The molecule has 4 aromatic rings. The molecule has 1 heterocycles. The zero-order chi connectivity index (χ0) is 19.3. The van der Waals surface area contributed by atoms with E-state index in [-0.39, 0.29) is 0 Å². The predicted octanol–water partition coefficient (Wildman–Crippen LogP) is 6.62. The fraction of sp³-hybridized carbons (Fsp3) is 0.0833. The summed E-state index contributed by atoms with van der Waals surface area (Å²) >= 11 is 1.56. The lowest BCUT2D eigenvalue weighted by Gasteiger charge is -2.05. The van der Waals surface area contributed by atoms with Gasteiger partial charge in [-0.1, -0.05) is 84.4 Å². The summed E-state index contributed by atoms with van der Waals surface area (Å²) in [6.45, 7) is 4.08. The van der Waals surface area contributed by atoms with Crippen molar-refractivity contribution >= 4 is 22.2 Å². The van der Waals surface area contributed by atoms with Crippen LogP contribution in [0.2, 0.25) is 0 Å². The molecular formula is C24H21N3S. The Kier molecular flexibility index (Phi) is 5.31. The molecular weight excluding hydrogens is 362 g/mol. The minimum absolute atomic E-state index is 0.788. The molecule has 0 fully saturated rings. The molecule has 0 aliphatic heterocycles. The smallest absolute Gasteiger partial charge is 0.203 e. The summed E-state index contributed by atoms with van der Waals surface area (Å²) in [6, 6.07) is 27.2. The Labute approximate surface area is 169 Å². The van der Waals surface area contributed by atoms with E-state index in [1.54, 1.807) is 11.3 Å². The zero-order valence-corrected chi connectivity index (χ0v) is 16.7. The third kappa shape index (κ3) is 4.18. The van der Waals surface area contributed by atoms with Crippen LogP contribution in [-0.2, 0) is 0 Å². The van der Waals surface area contributed by atoms with E-state index in [1.807, 2.05) is 18.4 Å². The summed E-state index contributed by atoms with van der Waals surface area (Å²) in [5.41, 5.74) is 10.8. The Hall–Kier alpha value is -3.24. The number of thiazole rings is 1.